The number of aromatic nitrogens is 3. The molecule has 0 amide bonds. The maximum atomic E-state index is 5.55. The van der Waals surface area contributed by atoms with Crippen molar-refractivity contribution in [2.45, 2.75) is 0 Å². The van der Waals surface area contributed by atoms with Gasteiger partial charge < -0.3 is 11.5 Å². The lowest BCUT2D eigenvalue weighted by Crippen LogP contribution is -2.00. The van der Waals surface area contributed by atoms with Crippen molar-refractivity contribution in [2.75, 3.05) is 11.5 Å². The smallest absolute Gasteiger partial charge is 0.222 e. The van der Waals surface area contributed by atoms with Gasteiger partial charge in [-0.15, -0.1) is 0 Å². The lowest BCUT2D eigenvalue weighted by Gasteiger charge is -2.01. The topological polar surface area (TPSA) is 90.7 Å². The fourth-order valence-corrected chi connectivity index (χ4v) is 1.16. The molecule has 2 aromatic rings. The molecule has 2 aromatic heterocycles. The number of nitrogen functional groups attached to an aromatic ring is 2. The number of anilines is 2. The monoisotopic (exact) mass is 187 g/mol. The van der Waals surface area contributed by atoms with Gasteiger partial charge in [0, 0.05) is 24.0 Å². The van der Waals surface area contributed by atoms with E-state index in [4.69, 9.17) is 11.5 Å². The second kappa shape index (κ2) is 3.29. The van der Waals surface area contributed by atoms with Crippen LogP contribution in [0.1, 0.15) is 0 Å². The van der Waals surface area contributed by atoms with Gasteiger partial charge in [-0.3, -0.25) is 4.98 Å². The van der Waals surface area contributed by atoms with E-state index >= 15 is 0 Å². The number of nitrogens with zero attached hydrogens (tertiary/aromatic N) is 3. The van der Waals surface area contributed by atoms with Crippen LogP contribution in [0.25, 0.3) is 11.3 Å². The highest BCUT2D eigenvalue weighted by Crippen LogP contribution is 2.17. The second-order valence-corrected chi connectivity index (χ2v) is 2.77. The van der Waals surface area contributed by atoms with Crippen molar-refractivity contribution in [1.82, 2.24) is 15.0 Å². The summed E-state index contributed by atoms with van der Waals surface area (Å²) in [6.07, 6.45) is 3.37. The van der Waals surface area contributed by atoms with Crippen LogP contribution in [0.2, 0.25) is 0 Å². The molecule has 5 heteroatoms. The van der Waals surface area contributed by atoms with E-state index in [1.54, 1.807) is 18.5 Å². The Morgan fingerprint density at radius 2 is 1.71 bits per heavy atom. The third-order valence-corrected chi connectivity index (χ3v) is 1.74. The molecule has 0 spiro atoms. The molecule has 0 aliphatic rings. The summed E-state index contributed by atoms with van der Waals surface area (Å²) >= 11 is 0. The minimum Gasteiger partial charge on any atom is -0.384 e. The molecule has 0 aliphatic heterocycles. The van der Waals surface area contributed by atoms with Crippen molar-refractivity contribution < 1.29 is 0 Å². The predicted molar refractivity (Wildman–Crippen MR) is 54.1 cm³/mol. The zero-order valence-corrected chi connectivity index (χ0v) is 7.38. The second-order valence-electron chi connectivity index (χ2n) is 2.77. The van der Waals surface area contributed by atoms with Gasteiger partial charge in [-0.1, -0.05) is 0 Å². The molecule has 0 aliphatic carbocycles. The Hall–Kier alpha value is -2.17. The molecule has 0 aromatic carbocycles. The van der Waals surface area contributed by atoms with Gasteiger partial charge in [0.25, 0.3) is 0 Å². The highest BCUT2D eigenvalue weighted by molar-refractivity contribution is 5.62. The molecule has 0 bridgehead atoms. The summed E-state index contributed by atoms with van der Waals surface area (Å²) in [5.74, 6) is 0.543. The Labute approximate surface area is 80.8 Å². The van der Waals surface area contributed by atoms with E-state index in [1.807, 2.05) is 12.1 Å². The molecule has 0 fully saturated rings. The van der Waals surface area contributed by atoms with Crippen LogP contribution in [0.3, 0.4) is 0 Å². The SMILES string of the molecule is Nc1cc(-c2ccncc2)nc(N)n1. The first kappa shape index (κ1) is 8.43. The fraction of sp³-hybridized carbons (Fsp3) is 0. The number of pyridine rings is 1. The third kappa shape index (κ3) is 1.61. The van der Waals surface area contributed by atoms with Gasteiger partial charge in [0.1, 0.15) is 5.82 Å². The quantitative estimate of drug-likeness (QED) is 0.685. The van der Waals surface area contributed by atoms with Crippen molar-refractivity contribution in [3.63, 3.8) is 0 Å². The van der Waals surface area contributed by atoms with Crippen molar-refractivity contribution in [3.05, 3.63) is 30.6 Å². The molecular weight excluding hydrogens is 178 g/mol. The predicted octanol–water partition coefficient (Wildman–Crippen LogP) is 0.703. The van der Waals surface area contributed by atoms with Crippen molar-refractivity contribution in [2.24, 2.45) is 0 Å². The average molecular weight is 187 g/mol. The van der Waals surface area contributed by atoms with Gasteiger partial charge in [-0.25, -0.2) is 4.98 Å². The van der Waals surface area contributed by atoms with Gasteiger partial charge in [0.2, 0.25) is 5.95 Å². The van der Waals surface area contributed by atoms with E-state index in [1.165, 1.54) is 0 Å². The van der Waals surface area contributed by atoms with E-state index in [0.717, 1.165) is 5.56 Å². The molecule has 0 unspecified atom stereocenters. The molecule has 4 N–H and O–H groups in total. The van der Waals surface area contributed by atoms with Gasteiger partial charge >= 0.3 is 0 Å². The molecule has 0 saturated heterocycles. The van der Waals surface area contributed by atoms with Crippen LogP contribution in [0, 0.1) is 0 Å². The normalized spacial score (nSPS) is 10.0. The molecule has 14 heavy (non-hydrogen) atoms. The van der Waals surface area contributed by atoms with Crippen LogP contribution in [-0.4, -0.2) is 15.0 Å². The first-order valence-electron chi connectivity index (χ1n) is 4.06. The highest BCUT2D eigenvalue weighted by Gasteiger charge is 2.01. The summed E-state index contributed by atoms with van der Waals surface area (Å²) in [6.45, 7) is 0. The zero-order chi connectivity index (χ0) is 9.97. The zero-order valence-electron chi connectivity index (χ0n) is 7.38. The van der Waals surface area contributed by atoms with E-state index < -0.39 is 0 Å². The number of hydrogen-bond acceptors (Lipinski definition) is 5. The largest absolute Gasteiger partial charge is 0.384 e. The Bertz CT molecular complexity index is 420. The number of nitrogens with two attached hydrogens (primary N) is 2. The van der Waals surface area contributed by atoms with Crippen molar-refractivity contribution in [1.29, 1.82) is 0 Å². The molecular formula is C9H9N5. The summed E-state index contributed by atoms with van der Waals surface area (Å²) < 4.78 is 0. The molecule has 0 radical (unpaired) electrons. The van der Waals surface area contributed by atoms with Gasteiger partial charge in [0.15, 0.2) is 0 Å². The Kier molecular flexibility index (Phi) is 1.98. The minimum atomic E-state index is 0.178. The molecule has 70 valence electrons. The Morgan fingerprint density at radius 1 is 1.00 bits per heavy atom. The summed E-state index contributed by atoms with van der Waals surface area (Å²) in [6, 6.07) is 5.34. The van der Waals surface area contributed by atoms with E-state index in [2.05, 4.69) is 15.0 Å². The molecule has 2 rings (SSSR count). The fourth-order valence-electron chi connectivity index (χ4n) is 1.16. The first-order chi connectivity index (χ1) is 6.75. The van der Waals surface area contributed by atoms with Crippen molar-refractivity contribution >= 4 is 11.8 Å². The lowest BCUT2D eigenvalue weighted by molar-refractivity contribution is 1.19. The van der Waals surface area contributed by atoms with Crippen LogP contribution in [-0.2, 0) is 0 Å². The molecule has 0 atom stereocenters. The summed E-state index contributed by atoms with van der Waals surface area (Å²) in [7, 11) is 0. The third-order valence-electron chi connectivity index (χ3n) is 1.74. The van der Waals surface area contributed by atoms with E-state index in [9.17, 15) is 0 Å². The van der Waals surface area contributed by atoms with E-state index in [0.29, 0.717) is 11.5 Å². The number of hydrogen-bond donors (Lipinski definition) is 2. The van der Waals surface area contributed by atoms with Crippen LogP contribution >= 0.6 is 0 Å². The van der Waals surface area contributed by atoms with E-state index in [-0.39, 0.29) is 5.95 Å². The van der Waals surface area contributed by atoms with Crippen molar-refractivity contribution in [3.8, 4) is 11.3 Å². The highest BCUT2D eigenvalue weighted by atomic mass is 15.0. The minimum absolute atomic E-state index is 0.178. The summed E-state index contributed by atoms with van der Waals surface area (Å²) in [5.41, 5.74) is 12.7. The summed E-state index contributed by atoms with van der Waals surface area (Å²) in [4.78, 5) is 11.8. The first-order valence-corrected chi connectivity index (χ1v) is 4.06. The van der Waals surface area contributed by atoms with Crippen LogP contribution in [0.15, 0.2) is 30.6 Å². The van der Waals surface area contributed by atoms with Crippen LogP contribution < -0.4 is 11.5 Å². The number of rotatable bonds is 1. The maximum absolute atomic E-state index is 5.55. The molecule has 0 saturated carbocycles. The van der Waals surface area contributed by atoms with Gasteiger partial charge in [-0.05, 0) is 12.1 Å². The average Bonchev–Trinajstić information content (AvgIpc) is 2.18. The lowest BCUT2D eigenvalue weighted by atomic mass is 10.2. The van der Waals surface area contributed by atoms with Crippen LogP contribution in [0.5, 0.6) is 0 Å². The molecule has 2 heterocycles. The standard InChI is InChI=1S/C9H9N5/c10-8-5-7(13-9(11)14-8)6-1-3-12-4-2-6/h1-5H,(H4,10,11,13,14). The van der Waals surface area contributed by atoms with Gasteiger partial charge in [-0.2, -0.15) is 4.98 Å². The van der Waals surface area contributed by atoms with Gasteiger partial charge in [0.05, 0.1) is 5.69 Å². The summed E-state index contributed by atoms with van der Waals surface area (Å²) in [5, 5.41) is 0. The Balaban J connectivity index is 2.52. The Morgan fingerprint density at radius 3 is 2.36 bits per heavy atom. The maximum Gasteiger partial charge on any atom is 0.222 e. The van der Waals surface area contributed by atoms with Crippen LogP contribution in [0.4, 0.5) is 11.8 Å². The molecule has 5 nitrogen and oxygen atoms in total.